The van der Waals surface area contributed by atoms with Gasteiger partial charge in [0, 0.05) is 19.6 Å². The van der Waals surface area contributed by atoms with Gasteiger partial charge in [0.15, 0.2) is 0 Å². The van der Waals surface area contributed by atoms with Gasteiger partial charge in [-0.3, -0.25) is 14.7 Å². The first-order chi connectivity index (χ1) is 20.6. The average molecular weight is 616 g/mol. The first-order valence-corrected chi connectivity index (χ1v) is 16.3. The van der Waals surface area contributed by atoms with Gasteiger partial charge in [-0.2, -0.15) is 0 Å². The summed E-state index contributed by atoms with van der Waals surface area (Å²) >= 11 is 0. The fraction of sp³-hybridized carbons (Fsp3) is 0.538. The third-order valence-corrected chi connectivity index (χ3v) is 8.92. The molecular formula is C39H57N3O3. The van der Waals surface area contributed by atoms with Crippen LogP contribution in [0.4, 0.5) is 0 Å². The van der Waals surface area contributed by atoms with Crippen LogP contribution in [0.1, 0.15) is 112 Å². The minimum absolute atomic E-state index is 0.159. The summed E-state index contributed by atoms with van der Waals surface area (Å²) in [6, 6.07) is 12.9. The predicted molar refractivity (Wildman–Crippen MR) is 186 cm³/mol. The average Bonchev–Trinajstić information content (AvgIpc) is 2.88. The molecule has 3 aromatic rings. The van der Waals surface area contributed by atoms with Crippen molar-refractivity contribution in [1.29, 1.82) is 0 Å². The molecule has 0 aromatic heterocycles. The molecule has 1 fully saturated rings. The third-order valence-electron chi connectivity index (χ3n) is 8.92. The lowest BCUT2D eigenvalue weighted by atomic mass is 9.84. The second-order valence-corrected chi connectivity index (χ2v) is 16.6. The Bertz CT molecular complexity index is 1350. The molecule has 0 aliphatic carbocycles. The predicted octanol–water partition coefficient (Wildman–Crippen LogP) is 8.31. The van der Waals surface area contributed by atoms with Crippen molar-refractivity contribution in [3.8, 4) is 17.2 Å². The summed E-state index contributed by atoms with van der Waals surface area (Å²) in [5, 5.41) is 32.6. The van der Waals surface area contributed by atoms with Crippen LogP contribution in [0.25, 0.3) is 0 Å². The normalized spacial score (nSPS) is 16.0. The van der Waals surface area contributed by atoms with Crippen molar-refractivity contribution in [3.63, 3.8) is 0 Å². The Kier molecular flexibility index (Phi) is 9.76. The molecule has 3 N–H and O–H groups in total. The standard InChI is InChI=1S/C39H57N3O3/c1-25-13-28(16-31(34(25)43)37(4,5)6)19-40-22-41(20-29-14-26(2)35(44)32(17-29)38(7,8)9)24-42(23-40)21-30-15-27(3)36(45)33(18-30)39(10,11)12/h13-18,43-45H,19-24H2,1-12H3. The summed E-state index contributed by atoms with van der Waals surface area (Å²) in [7, 11) is 0. The molecule has 1 aliphatic rings. The maximum atomic E-state index is 10.9. The van der Waals surface area contributed by atoms with Crippen molar-refractivity contribution in [2.45, 2.75) is 119 Å². The van der Waals surface area contributed by atoms with Gasteiger partial charge in [-0.05, 0) is 87.1 Å². The van der Waals surface area contributed by atoms with E-state index in [4.69, 9.17) is 0 Å². The Morgan fingerprint density at radius 3 is 0.867 bits per heavy atom. The van der Waals surface area contributed by atoms with Crippen molar-refractivity contribution in [2.75, 3.05) is 20.0 Å². The summed E-state index contributed by atoms with van der Waals surface area (Å²) in [4.78, 5) is 7.41. The first kappa shape index (κ1) is 34.8. The molecule has 0 saturated carbocycles. The van der Waals surface area contributed by atoms with E-state index < -0.39 is 0 Å². The number of aromatic hydroxyl groups is 3. The fourth-order valence-corrected chi connectivity index (χ4v) is 6.61. The van der Waals surface area contributed by atoms with E-state index >= 15 is 0 Å². The molecule has 1 aliphatic heterocycles. The van der Waals surface area contributed by atoms with E-state index in [0.717, 1.165) is 73.0 Å². The number of phenolic OH excluding ortho intramolecular Hbond substituents is 3. The number of rotatable bonds is 6. The molecule has 0 radical (unpaired) electrons. The molecule has 6 nitrogen and oxygen atoms in total. The Morgan fingerprint density at radius 2 is 0.667 bits per heavy atom. The zero-order valence-corrected chi connectivity index (χ0v) is 29.9. The molecule has 1 heterocycles. The number of hydrogen-bond acceptors (Lipinski definition) is 6. The van der Waals surface area contributed by atoms with Crippen LogP contribution in [0.5, 0.6) is 17.2 Å². The summed E-state index contributed by atoms with van der Waals surface area (Å²) in [5.41, 5.74) is 8.78. The quantitative estimate of drug-likeness (QED) is 0.259. The van der Waals surface area contributed by atoms with Gasteiger partial charge in [0.2, 0.25) is 0 Å². The highest BCUT2D eigenvalue weighted by Gasteiger charge is 2.28. The summed E-state index contributed by atoms with van der Waals surface area (Å²) < 4.78 is 0. The third kappa shape index (κ3) is 8.21. The van der Waals surface area contributed by atoms with Gasteiger partial charge in [-0.1, -0.05) is 98.7 Å². The highest BCUT2D eigenvalue weighted by atomic mass is 16.3. The Morgan fingerprint density at radius 1 is 0.444 bits per heavy atom. The van der Waals surface area contributed by atoms with Crippen LogP contribution in [0.2, 0.25) is 0 Å². The zero-order valence-electron chi connectivity index (χ0n) is 29.9. The lowest BCUT2D eigenvalue weighted by Gasteiger charge is -2.43. The van der Waals surface area contributed by atoms with Crippen LogP contribution in [0.15, 0.2) is 36.4 Å². The van der Waals surface area contributed by atoms with Crippen molar-refractivity contribution in [2.24, 2.45) is 0 Å². The van der Waals surface area contributed by atoms with E-state index in [1.54, 1.807) is 0 Å². The number of nitrogens with zero attached hydrogens (tertiary/aromatic N) is 3. The van der Waals surface area contributed by atoms with Gasteiger partial charge in [-0.15, -0.1) is 0 Å². The maximum absolute atomic E-state index is 10.9. The number of hydrogen-bond donors (Lipinski definition) is 3. The minimum Gasteiger partial charge on any atom is -0.507 e. The largest absolute Gasteiger partial charge is 0.507 e. The Hall–Kier alpha value is -3.06. The van der Waals surface area contributed by atoms with Gasteiger partial charge in [0.1, 0.15) is 17.2 Å². The molecule has 4 rings (SSSR count). The zero-order chi connectivity index (χ0) is 33.6. The van der Waals surface area contributed by atoms with E-state index in [9.17, 15) is 15.3 Å². The van der Waals surface area contributed by atoms with Gasteiger partial charge in [0.25, 0.3) is 0 Å². The fourth-order valence-electron chi connectivity index (χ4n) is 6.61. The van der Waals surface area contributed by atoms with Gasteiger partial charge in [-0.25, -0.2) is 0 Å². The molecule has 0 atom stereocenters. The second-order valence-electron chi connectivity index (χ2n) is 16.6. The van der Waals surface area contributed by atoms with Crippen LogP contribution in [0.3, 0.4) is 0 Å². The molecule has 246 valence electrons. The van der Waals surface area contributed by atoms with E-state index in [-0.39, 0.29) is 16.2 Å². The lowest BCUT2D eigenvalue weighted by molar-refractivity contribution is -0.0422. The van der Waals surface area contributed by atoms with E-state index in [0.29, 0.717) is 17.2 Å². The molecular weight excluding hydrogens is 558 g/mol. The molecule has 0 amide bonds. The Labute approximate surface area is 272 Å². The molecule has 3 aromatic carbocycles. The van der Waals surface area contributed by atoms with Crippen molar-refractivity contribution in [1.82, 2.24) is 14.7 Å². The molecule has 45 heavy (non-hydrogen) atoms. The van der Waals surface area contributed by atoms with Crippen molar-refractivity contribution < 1.29 is 15.3 Å². The van der Waals surface area contributed by atoms with Crippen LogP contribution in [-0.4, -0.2) is 50.0 Å². The topological polar surface area (TPSA) is 70.4 Å². The van der Waals surface area contributed by atoms with Gasteiger partial charge in [0.05, 0.1) is 20.0 Å². The van der Waals surface area contributed by atoms with Gasteiger partial charge >= 0.3 is 0 Å². The smallest absolute Gasteiger partial charge is 0.122 e. The molecule has 0 bridgehead atoms. The highest BCUT2D eigenvalue weighted by molar-refractivity contribution is 5.48. The van der Waals surface area contributed by atoms with E-state index in [1.165, 1.54) is 16.7 Å². The summed E-state index contributed by atoms with van der Waals surface area (Å²) in [5.74, 6) is 1.17. The SMILES string of the molecule is Cc1cc(CN2CN(Cc3cc(C)c(O)c(C(C)(C)C)c3)CN(Cc3cc(C)c(O)c(C(C)(C)C)c3)C2)cc(C(C)(C)C)c1O. The van der Waals surface area contributed by atoms with Crippen LogP contribution >= 0.6 is 0 Å². The van der Waals surface area contributed by atoms with Crippen LogP contribution in [0, 0.1) is 20.8 Å². The molecule has 6 heteroatoms. The number of benzene rings is 3. The molecule has 0 unspecified atom stereocenters. The van der Waals surface area contributed by atoms with E-state index in [1.807, 2.05) is 20.8 Å². The van der Waals surface area contributed by atoms with Crippen molar-refractivity contribution in [3.05, 3.63) is 86.5 Å². The first-order valence-electron chi connectivity index (χ1n) is 16.3. The van der Waals surface area contributed by atoms with E-state index in [2.05, 4.69) is 113 Å². The molecule has 1 saturated heterocycles. The van der Waals surface area contributed by atoms with Crippen molar-refractivity contribution >= 4 is 0 Å². The number of phenols is 3. The second kappa shape index (κ2) is 12.6. The summed E-state index contributed by atoms with van der Waals surface area (Å²) in [6.45, 7) is 30.0. The Balaban J connectivity index is 1.68. The van der Waals surface area contributed by atoms with Gasteiger partial charge < -0.3 is 15.3 Å². The van der Waals surface area contributed by atoms with Crippen LogP contribution < -0.4 is 0 Å². The summed E-state index contributed by atoms with van der Waals surface area (Å²) in [6.07, 6.45) is 0. The molecule has 0 spiro atoms. The maximum Gasteiger partial charge on any atom is 0.122 e. The van der Waals surface area contributed by atoms with Crippen LogP contribution in [-0.2, 0) is 35.9 Å². The minimum atomic E-state index is -0.159. The highest BCUT2D eigenvalue weighted by Crippen LogP contribution is 2.37. The monoisotopic (exact) mass is 615 g/mol. The lowest BCUT2D eigenvalue weighted by Crippen LogP contribution is -2.53. The number of aryl methyl sites for hydroxylation is 3.